The average Bonchev–Trinajstić information content (AvgIpc) is 3.46. The first-order valence-electron chi connectivity index (χ1n) is 12.3. The third-order valence-corrected chi connectivity index (χ3v) is 6.98. The molecule has 1 aliphatic heterocycles. The van der Waals surface area contributed by atoms with Crippen molar-refractivity contribution in [3.8, 4) is 16.9 Å². The highest BCUT2D eigenvalue weighted by molar-refractivity contribution is 9.10. The van der Waals surface area contributed by atoms with Crippen LogP contribution in [0.4, 0.5) is 14.5 Å². The molecule has 1 saturated heterocycles. The first kappa shape index (κ1) is 26.7. The molecule has 5 rings (SSSR count). The molecule has 2 atom stereocenters. The van der Waals surface area contributed by atoms with Crippen LogP contribution in [-0.2, 0) is 20.7 Å². The standard InChI is InChI=1S/C29H25BrF2N4O3/c1-17-28(38)35(14-13-19-3-12-26(25(32)15-19)33-18(2)37)29(39-17)24-16-36(23-10-6-21(30)7-11-23)34-27(24)20-4-8-22(31)9-5-20/h3-12,15-17,29H,13-14H2,1-2H3,(H,33,37). The molecule has 1 fully saturated rings. The molecule has 2 amide bonds. The Labute approximate surface area is 232 Å². The molecule has 0 bridgehead atoms. The van der Waals surface area contributed by atoms with Gasteiger partial charge >= 0.3 is 0 Å². The number of ether oxygens (including phenoxy) is 1. The van der Waals surface area contributed by atoms with Crippen LogP contribution in [-0.4, -0.2) is 39.1 Å². The van der Waals surface area contributed by atoms with Crippen molar-refractivity contribution in [3.05, 3.63) is 100 Å². The van der Waals surface area contributed by atoms with Crippen LogP contribution in [0.3, 0.4) is 0 Å². The third kappa shape index (κ3) is 5.76. The molecule has 0 radical (unpaired) electrons. The minimum atomic E-state index is -0.750. The maximum absolute atomic E-state index is 14.5. The van der Waals surface area contributed by atoms with Crippen molar-refractivity contribution >= 4 is 33.4 Å². The van der Waals surface area contributed by atoms with Gasteiger partial charge in [-0.05, 0) is 79.6 Å². The Morgan fingerprint density at radius 2 is 1.79 bits per heavy atom. The summed E-state index contributed by atoms with van der Waals surface area (Å²) in [7, 11) is 0. The van der Waals surface area contributed by atoms with E-state index in [1.807, 2.05) is 30.5 Å². The number of anilines is 1. The molecule has 2 heterocycles. The summed E-state index contributed by atoms with van der Waals surface area (Å²) in [5, 5.41) is 7.23. The van der Waals surface area contributed by atoms with Crippen molar-refractivity contribution in [2.75, 3.05) is 11.9 Å². The number of hydrogen-bond donors (Lipinski definition) is 1. The number of nitrogens with zero attached hydrogens (tertiary/aromatic N) is 3. The molecule has 200 valence electrons. The van der Waals surface area contributed by atoms with E-state index in [4.69, 9.17) is 9.84 Å². The van der Waals surface area contributed by atoms with Crippen LogP contribution in [0.15, 0.2) is 77.4 Å². The molecule has 7 nitrogen and oxygen atoms in total. The van der Waals surface area contributed by atoms with Gasteiger partial charge in [-0.1, -0.05) is 22.0 Å². The Balaban J connectivity index is 1.48. The van der Waals surface area contributed by atoms with E-state index in [0.29, 0.717) is 28.8 Å². The van der Waals surface area contributed by atoms with Crippen molar-refractivity contribution < 1.29 is 23.1 Å². The lowest BCUT2D eigenvalue weighted by Crippen LogP contribution is -2.32. The van der Waals surface area contributed by atoms with E-state index >= 15 is 0 Å². The van der Waals surface area contributed by atoms with Crippen LogP contribution in [0.1, 0.15) is 31.2 Å². The fourth-order valence-corrected chi connectivity index (χ4v) is 4.79. The van der Waals surface area contributed by atoms with E-state index in [0.717, 1.165) is 10.2 Å². The van der Waals surface area contributed by atoms with Crippen molar-refractivity contribution in [2.45, 2.75) is 32.6 Å². The SMILES string of the molecule is CC(=O)Nc1ccc(CCN2C(=O)C(C)OC2c2cn(-c3ccc(Br)cc3)nc2-c2ccc(F)cc2)cc1F. The highest BCUT2D eigenvalue weighted by Gasteiger charge is 2.40. The molecule has 3 aromatic carbocycles. The van der Waals surface area contributed by atoms with Gasteiger partial charge in [-0.2, -0.15) is 5.10 Å². The molecular formula is C29H25BrF2N4O3. The number of carbonyl (C=O) groups is 2. The van der Waals surface area contributed by atoms with Gasteiger partial charge < -0.3 is 15.0 Å². The summed E-state index contributed by atoms with van der Waals surface area (Å²) in [6.45, 7) is 3.26. The predicted octanol–water partition coefficient (Wildman–Crippen LogP) is 6.03. The fourth-order valence-electron chi connectivity index (χ4n) is 4.52. The zero-order valence-corrected chi connectivity index (χ0v) is 22.8. The number of amides is 2. The summed E-state index contributed by atoms with van der Waals surface area (Å²) < 4.78 is 36.9. The zero-order chi connectivity index (χ0) is 27.7. The van der Waals surface area contributed by atoms with Crippen LogP contribution in [0.25, 0.3) is 16.9 Å². The highest BCUT2D eigenvalue weighted by Crippen LogP contribution is 2.37. The van der Waals surface area contributed by atoms with E-state index in [2.05, 4.69) is 21.2 Å². The zero-order valence-electron chi connectivity index (χ0n) is 21.2. The van der Waals surface area contributed by atoms with E-state index in [1.54, 1.807) is 34.7 Å². The van der Waals surface area contributed by atoms with E-state index in [9.17, 15) is 18.4 Å². The summed E-state index contributed by atoms with van der Waals surface area (Å²) in [6.07, 6.45) is 0.737. The molecule has 39 heavy (non-hydrogen) atoms. The minimum absolute atomic E-state index is 0.0997. The summed E-state index contributed by atoms with van der Waals surface area (Å²) in [6, 6.07) is 18.1. The van der Waals surface area contributed by atoms with Gasteiger partial charge in [0.1, 0.15) is 23.4 Å². The van der Waals surface area contributed by atoms with Gasteiger partial charge in [0, 0.05) is 35.3 Å². The van der Waals surface area contributed by atoms with Crippen LogP contribution in [0, 0.1) is 11.6 Å². The average molecular weight is 595 g/mol. The number of benzene rings is 3. The Bertz CT molecular complexity index is 1520. The number of hydrogen-bond acceptors (Lipinski definition) is 4. The Morgan fingerprint density at radius 1 is 1.08 bits per heavy atom. The molecule has 1 aromatic heterocycles. The van der Waals surface area contributed by atoms with Crippen LogP contribution < -0.4 is 5.32 Å². The van der Waals surface area contributed by atoms with Gasteiger partial charge in [0.2, 0.25) is 5.91 Å². The molecule has 1 N–H and O–H groups in total. The van der Waals surface area contributed by atoms with E-state index < -0.39 is 18.1 Å². The summed E-state index contributed by atoms with van der Waals surface area (Å²) >= 11 is 3.44. The van der Waals surface area contributed by atoms with Crippen molar-refractivity contribution in [1.29, 1.82) is 0 Å². The molecule has 10 heteroatoms. The second kappa shape index (κ2) is 11.1. The Hall–Kier alpha value is -3.89. The van der Waals surface area contributed by atoms with Gasteiger partial charge in [-0.3, -0.25) is 9.59 Å². The molecule has 1 aliphatic rings. The van der Waals surface area contributed by atoms with Gasteiger partial charge in [0.25, 0.3) is 5.91 Å². The molecule has 2 unspecified atom stereocenters. The number of aromatic nitrogens is 2. The Morgan fingerprint density at radius 3 is 2.46 bits per heavy atom. The monoisotopic (exact) mass is 594 g/mol. The minimum Gasteiger partial charge on any atom is -0.341 e. The molecule has 0 aliphatic carbocycles. The lowest BCUT2D eigenvalue weighted by atomic mass is 10.1. The highest BCUT2D eigenvalue weighted by atomic mass is 79.9. The van der Waals surface area contributed by atoms with Crippen molar-refractivity contribution in [2.24, 2.45) is 0 Å². The lowest BCUT2D eigenvalue weighted by molar-refractivity contribution is -0.130. The summed E-state index contributed by atoms with van der Waals surface area (Å²) in [4.78, 5) is 26.0. The number of nitrogens with one attached hydrogen (secondary N) is 1. The fraction of sp³-hybridized carbons (Fsp3) is 0.207. The first-order valence-corrected chi connectivity index (χ1v) is 13.1. The topological polar surface area (TPSA) is 76.5 Å². The van der Waals surface area contributed by atoms with Crippen molar-refractivity contribution in [1.82, 2.24) is 14.7 Å². The normalized spacial score (nSPS) is 17.1. The van der Waals surface area contributed by atoms with Gasteiger partial charge in [-0.15, -0.1) is 0 Å². The summed E-state index contributed by atoms with van der Waals surface area (Å²) in [5.74, 6) is -1.48. The molecule has 0 saturated carbocycles. The van der Waals surface area contributed by atoms with Gasteiger partial charge in [-0.25, -0.2) is 13.5 Å². The number of carbonyl (C=O) groups excluding carboxylic acids is 2. The second-order valence-electron chi connectivity index (χ2n) is 9.27. The van der Waals surface area contributed by atoms with E-state index in [1.165, 1.54) is 31.2 Å². The second-order valence-corrected chi connectivity index (χ2v) is 10.2. The Kier molecular flexibility index (Phi) is 7.58. The predicted molar refractivity (Wildman–Crippen MR) is 146 cm³/mol. The quantitative estimate of drug-likeness (QED) is 0.283. The number of halogens is 3. The van der Waals surface area contributed by atoms with Crippen LogP contribution in [0.5, 0.6) is 0 Å². The maximum atomic E-state index is 14.5. The first-order chi connectivity index (χ1) is 18.7. The third-order valence-electron chi connectivity index (χ3n) is 6.45. The number of rotatable bonds is 7. The lowest BCUT2D eigenvalue weighted by Gasteiger charge is -2.23. The largest absolute Gasteiger partial charge is 0.341 e. The molecule has 0 spiro atoms. The van der Waals surface area contributed by atoms with Gasteiger partial charge in [0.15, 0.2) is 6.23 Å². The van der Waals surface area contributed by atoms with Crippen molar-refractivity contribution in [3.63, 3.8) is 0 Å². The maximum Gasteiger partial charge on any atom is 0.253 e. The summed E-state index contributed by atoms with van der Waals surface area (Å²) in [5.41, 5.74) is 3.44. The smallest absolute Gasteiger partial charge is 0.253 e. The van der Waals surface area contributed by atoms with Crippen LogP contribution in [0.2, 0.25) is 0 Å². The van der Waals surface area contributed by atoms with Crippen LogP contribution >= 0.6 is 15.9 Å². The molecule has 4 aromatic rings. The van der Waals surface area contributed by atoms with Gasteiger partial charge in [0.05, 0.1) is 11.4 Å². The molecular weight excluding hydrogens is 570 g/mol. The van der Waals surface area contributed by atoms with E-state index in [-0.39, 0.29) is 29.9 Å².